The molecule has 0 aliphatic carbocycles. The molecule has 0 atom stereocenters. The van der Waals surface area contributed by atoms with Gasteiger partial charge in [0.1, 0.15) is 11.5 Å². The second-order valence-electron chi connectivity index (χ2n) is 5.49. The lowest BCUT2D eigenvalue weighted by Crippen LogP contribution is -2.13. The molecule has 2 aromatic carbocycles. The Kier molecular flexibility index (Phi) is 4.40. The van der Waals surface area contributed by atoms with E-state index in [1.165, 1.54) is 24.3 Å². The highest BCUT2D eigenvalue weighted by Gasteiger charge is 2.13. The molecule has 0 aliphatic rings. The third-order valence-corrected chi connectivity index (χ3v) is 4.44. The van der Waals surface area contributed by atoms with Gasteiger partial charge in [-0.15, -0.1) is 10.2 Å². The first kappa shape index (κ1) is 16.3. The molecule has 0 bridgehead atoms. The second kappa shape index (κ2) is 7.01. The van der Waals surface area contributed by atoms with E-state index in [0.717, 1.165) is 28.4 Å². The van der Waals surface area contributed by atoms with Crippen molar-refractivity contribution in [3.05, 3.63) is 60.4 Å². The SMILES string of the molecule is O=C(CSc1nnc(-c2cc3ccccc3[nH]2)o1)Nc1ccc(F)cc1. The molecule has 0 fully saturated rings. The molecule has 0 radical (unpaired) electrons. The smallest absolute Gasteiger partial charge is 0.277 e. The number of amides is 1. The summed E-state index contributed by atoms with van der Waals surface area (Å²) in [5.41, 5.74) is 2.23. The molecule has 0 saturated heterocycles. The first-order valence-electron chi connectivity index (χ1n) is 7.77. The van der Waals surface area contributed by atoms with E-state index in [1.54, 1.807) is 0 Å². The zero-order valence-corrected chi connectivity index (χ0v) is 14.2. The largest absolute Gasteiger partial charge is 0.410 e. The molecule has 4 aromatic rings. The van der Waals surface area contributed by atoms with Crippen molar-refractivity contribution in [1.29, 1.82) is 0 Å². The van der Waals surface area contributed by atoms with E-state index < -0.39 is 0 Å². The van der Waals surface area contributed by atoms with E-state index in [1.807, 2.05) is 30.3 Å². The molecular formula is C18H13FN4O2S. The number of thioether (sulfide) groups is 1. The average molecular weight is 368 g/mol. The van der Waals surface area contributed by atoms with Crippen LogP contribution in [-0.2, 0) is 4.79 Å². The third kappa shape index (κ3) is 3.60. The Morgan fingerprint density at radius 2 is 1.96 bits per heavy atom. The minimum atomic E-state index is -0.354. The number of fused-ring (bicyclic) bond motifs is 1. The lowest BCUT2D eigenvalue weighted by Gasteiger charge is -2.03. The Balaban J connectivity index is 1.38. The number of nitrogens with one attached hydrogen (secondary N) is 2. The second-order valence-corrected chi connectivity index (χ2v) is 6.41. The summed E-state index contributed by atoms with van der Waals surface area (Å²) in [6, 6.07) is 15.3. The van der Waals surface area contributed by atoms with Crippen molar-refractivity contribution in [2.45, 2.75) is 5.22 Å². The normalized spacial score (nSPS) is 11.0. The summed E-state index contributed by atoms with van der Waals surface area (Å²) < 4.78 is 18.5. The summed E-state index contributed by atoms with van der Waals surface area (Å²) in [6.07, 6.45) is 0. The van der Waals surface area contributed by atoms with E-state index in [2.05, 4.69) is 20.5 Å². The van der Waals surface area contributed by atoms with Crippen molar-refractivity contribution in [2.75, 3.05) is 11.1 Å². The maximum absolute atomic E-state index is 12.9. The molecule has 4 rings (SSSR count). The molecule has 130 valence electrons. The van der Waals surface area contributed by atoms with Crippen molar-refractivity contribution in [2.24, 2.45) is 0 Å². The first-order valence-corrected chi connectivity index (χ1v) is 8.76. The molecule has 2 heterocycles. The molecule has 1 amide bonds. The van der Waals surface area contributed by atoms with Gasteiger partial charge in [-0.3, -0.25) is 4.79 Å². The molecule has 0 saturated carbocycles. The number of carbonyl (C=O) groups is 1. The van der Waals surface area contributed by atoms with Gasteiger partial charge in [-0.1, -0.05) is 30.0 Å². The number of nitrogens with zero attached hydrogens (tertiary/aromatic N) is 2. The van der Waals surface area contributed by atoms with Crippen molar-refractivity contribution in [1.82, 2.24) is 15.2 Å². The van der Waals surface area contributed by atoms with Gasteiger partial charge < -0.3 is 14.7 Å². The fourth-order valence-electron chi connectivity index (χ4n) is 2.42. The molecule has 6 nitrogen and oxygen atoms in total. The van der Waals surface area contributed by atoms with Gasteiger partial charge in [0.05, 0.1) is 5.75 Å². The number of anilines is 1. The fourth-order valence-corrected chi connectivity index (χ4v) is 2.99. The monoisotopic (exact) mass is 368 g/mol. The quantitative estimate of drug-likeness (QED) is 0.519. The zero-order chi connectivity index (χ0) is 17.9. The van der Waals surface area contributed by atoms with Crippen molar-refractivity contribution < 1.29 is 13.6 Å². The first-order chi connectivity index (χ1) is 12.7. The van der Waals surface area contributed by atoms with Crippen LogP contribution < -0.4 is 5.32 Å². The van der Waals surface area contributed by atoms with Crippen LogP contribution in [0.4, 0.5) is 10.1 Å². The van der Waals surface area contributed by atoms with Gasteiger partial charge in [0.2, 0.25) is 5.91 Å². The summed E-state index contributed by atoms with van der Waals surface area (Å²) in [5, 5.41) is 12.0. The Morgan fingerprint density at radius 1 is 1.15 bits per heavy atom. The highest BCUT2D eigenvalue weighted by atomic mass is 32.2. The van der Waals surface area contributed by atoms with Crippen molar-refractivity contribution >= 4 is 34.3 Å². The number of rotatable bonds is 5. The van der Waals surface area contributed by atoms with Gasteiger partial charge in [-0.05, 0) is 36.4 Å². The van der Waals surface area contributed by atoms with Crippen LogP contribution in [0.3, 0.4) is 0 Å². The molecule has 26 heavy (non-hydrogen) atoms. The molecule has 0 aliphatic heterocycles. The standard InChI is InChI=1S/C18H13FN4O2S/c19-12-5-7-13(8-6-12)20-16(24)10-26-18-23-22-17(25-18)15-9-11-3-1-2-4-14(11)21-15/h1-9,21H,10H2,(H,20,24). The molecule has 2 N–H and O–H groups in total. The Bertz CT molecular complexity index is 1030. The van der Waals surface area contributed by atoms with Crippen molar-refractivity contribution in [3.63, 3.8) is 0 Å². The number of benzene rings is 2. The summed E-state index contributed by atoms with van der Waals surface area (Å²) in [4.78, 5) is 15.2. The van der Waals surface area contributed by atoms with Crippen molar-refractivity contribution in [3.8, 4) is 11.6 Å². The number of aromatic nitrogens is 3. The van der Waals surface area contributed by atoms with Gasteiger partial charge in [0.15, 0.2) is 0 Å². The van der Waals surface area contributed by atoms with Crippen LogP contribution in [-0.4, -0.2) is 26.8 Å². The van der Waals surface area contributed by atoms with Gasteiger partial charge in [0.25, 0.3) is 11.1 Å². The van der Waals surface area contributed by atoms with E-state index in [0.29, 0.717) is 16.8 Å². The Hall–Kier alpha value is -3.13. The summed E-state index contributed by atoms with van der Waals surface area (Å²) >= 11 is 1.13. The molecule has 0 unspecified atom stereocenters. The predicted molar refractivity (Wildman–Crippen MR) is 97.3 cm³/mol. The predicted octanol–water partition coefficient (Wildman–Crippen LogP) is 4.09. The molecular weight excluding hydrogens is 355 g/mol. The van der Waals surface area contributed by atoms with E-state index >= 15 is 0 Å². The zero-order valence-electron chi connectivity index (χ0n) is 13.4. The number of aromatic amines is 1. The van der Waals surface area contributed by atoms with Crippen LogP contribution in [0.1, 0.15) is 0 Å². The summed E-state index contributed by atoms with van der Waals surface area (Å²) in [6.45, 7) is 0. The lowest BCUT2D eigenvalue weighted by atomic mass is 10.2. The van der Waals surface area contributed by atoms with Crippen LogP contribution in [0.15, 0.2) is 64.2 Å². The number of hydrogen-bond acceptors (Lipinski definition) is 5. The topological polar surface area (TPSA) is 83.8 Å². The number of H-pyrrole nitrogens is 1. The van der Waals surface area contributed by atoms with Gasteiger partial charge in [0, 0.05) is 16.6 Å². The summed E-state index contributed by atoms with van der Waals surface area (Å²) in [7, 11) is 0. The number of halogens is 1. The van der Waals surface area contributed by atoms with E-state index in [-0.39, 0.29) is 17.5 Å². The Labute approximate surface area is 151 Å². The summed E-state index contributed by atoms with van der Waals surface area (Å²) in [5.74, 6) is -0.131. The molecule has 2 aromatic heterocycles. The highest BCUT2D eigenvalue weighted by Crippen LogP contribution is 2.26. The minimum absolute atomic E-state index is 0.103. The number of carbonyl (C=O) groups excluding carboxylic acids is 1. The third-order valence-electron chi connectivity index (χ3n) is 3.62. The van der Waals surface area contributed by atoms with Gasteiger partial charge in [-0.2, -0.15) is 0 Å². The lowest BCUT2D eigenvalue weighted by molar-refractivity contribution is -0.113. The minimum Gasteiger partial charge on any atom is -0.410 e. The van der Waals surface area contributed by atoms with Crippen LogP contribution in [0.5, 0.6) is 0 Å². The van der Waals surface area contributed by atoms with Crippen LogP contribution in [0, 0.1) is 5.82 Å². The highest BCUT2D eigenvalue weighted by molar-refractivity contribution is 7.99. The van der Waals surface area contributed by atoms with E-state index in [4.69, 9.17) is 4.42 Å². The average Bonchev–Trinajstić information content (AvgIpc) is 3.28. The molecule has 8 heteroatoms. The van der Waals surface area contributed by atoms with Crippen LogP contribution in [0.25, 0.3) is 22.5 Å². The maximum atomic E-state index is 12.9. The Morgan fingerprint density at radius 3 is 2.77 bits per heavy atom. The number of hydrogen-bond donors (Lipinski definition) is 2. The number of para-hydroxylation sites is 1. The fraction of sp³-hybridized carbons (Fsp3) is 0.0556. The van der Waals surface area contributed by atoms with Crippen LogP contribution >= 0.6 is 11.8 Å². The van der Waals surface area contributed by atoms with Gasteiger partial charge >= 0.3 is 0 Å². The molecule has 0 spiro atoms. The van der Waals surface area contributed by atoms with Crippen LogP contribution in [0.2, 0.25) is 0 Å². The van der Waals surface area contributed by atoms with E-state index in [9.17, 15) is 9.18 Å². The van der Waals surface area contributed by atoms with Gasteiger partial charge in [-0.25, -0.2) is 4.39 Å². The maximum Gasteiger partial charge on any atom is 0.277 e.